The number of aryl methyl sites for hydroxylation is 1. The molecule has 1 aromatic heterocycles. The van der Waals surface area contributed by atoms with Gasteiger partial charge in [0.1, 0.15) is 0 Å². The van der Waals surface area contributed by atoms with Crippen LogP contribution in [0.5, 0.6) is 0 Å². The first-order valence-electron chi connectivity index (χ1n) is 8.04. The van der Waals surface area contributed by atoms with E-state index >= 15 is 0 Å². The largest absolute Gasteiger partial charge is 0.212 e. The molecule has 3 aromatic rings. The van der Waals surface area contributed by atoms with Crippen LogP contribution in [0.1, 0.15) is 29.7 Å². The van der Waals surface area contributed by atoms with Crippen LogP contribution in [0.4, 0.5) is 0 Å². The van der Waals surface area contributed by atoms with Crippen molar-refractivity contribution in [3.8, 4) is 0 Å². The third-order valence-corrected chi connectivity index (χ3v) is 5.66. The smallest absolute Gasteiger partial charge is 0.208 e. The zero-order valence-corrected chi connectivity index (χ0v) is 13.5. The average molecular weight is 306 g/mol. The summed E-state index contributed by atoms with van der Waals surface area (Å²) in [5, 5.41) is 1.38. The maximum atomic E-state index is 3.67. The Kier molecular flexibility index (Phi) is 3.86. The van der Waals surface area contributed by atoms with Gasteiger partial charge in [0.05, 0.1) is 5.39 Å². The average Bonchev–Trinajstić information content (AvgIpc) is 2.59. The summed E-state index contributed by atoms with van der Waals surface area (Å²) >= 11 is 2.00. The molecule has 1 aliphatic rings. The number of benzene rings is 2. The first kappa shape index (κ1) is 13.8. The van der Waals surface area contributed by atoms with E-state index in [0.717, 1.165) is 5.75 Å². The molecule has 1 N–H and O–H groups in total. The molecule has 22 heavy (non-hydrogen) atoms. The van der Waals surface area contributed by atoms with Gasteiger partial charge in [0.25, 0.3) is 0 Å². The fraction of sp³-hybridized carbons (Fsp3) is 0.250. The van der Waals surface area contributed by atoms with Gasteiger partial charge in [-0.05, 0) is 30.9 Å². The van der Waals surface area contributed by atoms with Crippen molar-refractivity contribution in [1.29, 1.82) is 0 Å². The minimum Gasteiger partial charge on any atom is -0.208 e. The number of pyridine rings is 1. The van der Waals surface area contributed by atoms with Gasteiger partial charge in [0, 0.05) is 28.7 Å². The summed E-state index contributed by atoms with van der Waals surface area (Å²) in [6, 6.07) is 19.5. The van der Waals surface area contributed by atoms with Gasteiger partial charge >= 0.3 is 0 Å². The summed E-state index contributed by atoms with van der Waals surface area (Å²) in [7, 11) is 0. The lowest BCUT2D eigenvalue weighted by Gasteiger charge is -2.16. The Morgan fingerprint density at radius 2 is 1.64 bits per heavy atom. The van der Waals surface area contributed by atoms with Gasteiger partial charge in [0.2, 0.25) is 5.52 Å². The van der Waals surface area contributed by atoms with E-state index < -0.39 is 0 Å². The second-order valence-electron chi connectivity index (χ2n) is 5.94. The van der Waals surface area contributed by atoms with Gasteiger partial charge in [-0.3, -0.25) is 0 Å². The highest BCUT2D eigenvalue weighted by atomic mass is 32.2. The third kappa shape index (κ3) is 2.64. The second-order valence-corrected chi connectivity index (χ2v) is 6.92. The maximum absolute atomic E-state index is 3.67. The molecule has 2 aromatic carbocycles. The zero-order chi connectivity index (χ0) is 14.8. The quantitative estimate of drug-likeness (QED) is 0.632. The summed E-state index contributed by atoms with van der Waals surface area (Å²) in [5.74, 6) is 1.04. The van der Waals surface area contributed by atoms with E-state index in [-0.39, 0.29) is 0 Å². The van der Waals surface area contributed by atoms with Gasteiger partial charge in [-0.2, -0.15) is 0 Å². The number of H-pyrrole nitrogens is 1. The van der Waals surface area contributed by atoms with Crippen molar-refractivity contribution in [2.75, 3.05) is 0 Å². The monoisotopic (exact) mass is 306 g/mol. The van der Waals surface area contributed by atoms with Crippen molar-refractivity contribution in [3.05, 3.63) is 71.4 Å². The molecule has 2 heteroatoms. The lowest BCUT2D eigenvalue weighted by Crippen LogP contribution is -2.20. The van der Waals surface area contributed by atoms with Crippen LogP contribution in [0.15, 0.2) is 59.5 Å². The highest BCUT2D eigenvalue weighted by Crippen LogP contribution is 2.35. The van der Waals surface area contributed by atoms with Gasteiger partial charge in [-0.25, -0.2) is 4.98 Å². The van der Waals surface area contributed by atoms with Crippen LogP contribution in [0.2, 0.25) is 0 Å². The zero-order valence-electron chi connectivity index (χ0n) is 12.6. The van der Waals surface area contributed by atoms with Gasteiger partial charge in [0.15, 0.2) is 5.69 Å². The molecule has 1 nitrogen and oxygen atoms in total. The minimum absolute atomic E-state index is 1.04. The van der Waals surface area contributed by atoms with E-state index in [2.05, 4.69) is 59.6 Å². The molecule has 0 aliphatic heterocycles. The molecule has 0 amide bonds. The second kappa shape index (κ2) is 6.13. The van der Waals surface area contributed by atoms with E-state index in [1.54, 1.807) is 5.56 Å². The lowest BCUT2D eigenvalue weighted by molar-refractivity contribution is -0.359. The van der Waals surface area contributed by atoms with Crippen LogP contribution in [0.3, 0.4) is 0 Å². The number of fused-ring (bicyclic) bond motifs is 2. The fourth-order valence-electron chi connectivity index (χ4n) is 3.30. The summed E-state index contributed by atoms with van der Waals surface area (Å²) in [6.45, 7) is 0. The predicted octanol–water partition coefficient (Wildman–Crippen LogP) is 4.83. The van der Waals surface area contributed by atoms with E-state index in [0.29, 0.717) is 0 Å². The van der Waals surface area contributed by atoms with Crippen LogP contribution in [-0.4, -0.2) is 0 Å². The number of para-hydroxylation sites is 1. The number of rotatable bonds is 3. The van der Waals surface area contributed by atoms with E-state index in [4.69, 9.17) is 0 Å². The van der Waals surface area contributed by atoms with Crippen LogP contribution in [0.25, 0.3) is 10.9 Å². The summed E-state index contributed by atoms with van der Waals surface area (Å²) < 4.78 is 0. The van der Waals surface area contributed by atoms with Crippen molar-refractivity contribution in [1.82, 2.24) is 0 Å². The maximum Gasteiger partial charge on any atom is 0.212 e. The number of hydrogen-bond donors (Lipinski definition) is 0. The Morgan fingerprint density at radius 3 is 2.55 bits per heavy atom. The van der Waals surface area contributed by atoms with E-state index in [1.165, 1.54) is 52.7 Å². The van der Waals surface area contributed by atoms with Crippen LogP contribution < -0.4 is 4.98 Å². The van der Waals surface area contributed by atoms with Crippen molar-refractivity contribution in [3.63, 3.8) is 0 Å². The first-order chi connectivity index (χ1) is 10.9. The molecule has 0 spiro atoms. The van der Waals surface area contributed by atoms with E-state index in [9.17, 15) is 0 Å². The van der Waals surface area contributed by atoms with E-state index in [1.807, 2.05) is 11.8 Å². The van der Waals surface area contributed by atoms with Gasteiger partial charge < -0.3 is 0 Å². The molecule has 1 heterocycles. The standard InChI is InChI=1S/C20H19NS/c1-2-8-15(9-3-1)14-22-20-16-10-4-6-12-18(16)21-19-13-7-5-11-17(19)20/h1-4,6,8-10,12H,5,7,11,13-14H2/p+1. The number of nitrogens with one attached hydrogen (secondary N) is 1. The number of aromatic nitrogens is 1. The summed E-state index contributed by atoms with van der Waals surface area (Å²) in [4.78, 5) is 5.17. The predicted molar refractivity (Wildman–Crippen MR) is 93.1 cm³/mol. The third-order valence-electron chi connectivity index (χ3n) is 4.43. The highest BCUT2D eigenvalue weighted by molar-refractivity contribution is 7.98. The minimum atomic E-state index is 1.04. The van der Waals surface area contributed by atoms with Gasteiger partial charge in [-0.15, -0.1) is 11.8 Å². The van der Waals surface area contributed by atoms with Crippen molar-refractivity contribution in [2.24, 2.45) is 0 Å². The first-order valence-corrected chi connectivity index (χ1v) is 9.03. The molecule has 4 rings (SSSR count). The SMILES string of the molecule is c1ccc(CSc2c3c([nH+]c4ccccc24)CCCC3)cc1. The Morgan fingerprint density at radius 1 is 0.864 bits per heavy atom. The summed E-state index contributed by atoms with van der Waals surface area (Å²) in [6.07, 6.45) is 5.04. The molecule has 0 radical (unpaired) electrons. The highest BCUT2D eigenvalue weighted by Gasteiger charge is 2.22. The van der Waals surface area contributed by atoms with Crippen molar-refractivity contribution in [2.45, 2.75) is 36.3 Å². The molecular formula is C20H20NS+. The fourth-order valence-corrected chi connectivity index (χ4v) is 4.54. The Bertz CT molecular complexity index is 795. The molecule has 0 fully saturated rings. The number of thioether (sulfide) groups is 1. The molecular weight excluding hydrogens is 286 g/mol. The molecule has 0 atom stereocenters. The van der Waals surface area contributed by atoms with Crippen LogP contribution >= 0.6 is 11.8 Å². The molecule has 1 aliphatic carbocycles. The Balaban J connectivity index is 1.77. The van der Waals surface area contributed by atoms with Crippen LogP contribution in [0, 0.1) is 0 Å². The lowest BCUT2D eigenvalue weighted by atomic mass is 9.94. The van der Waals surface area contributed by atoms with Crippen molar-refractivity contribution >= 4 is 22.7 Å². The molecule has 0 unspecified atom stereocenters. The topological polar surface area (TPSA) is 14.1 Å². The Hall–Kier alpha value is -1.80. The molecule has 110 valence electrons. The molecule has 0 saturated carbocycles. The summed E-state index contributed by atoms with van der Waals surface area (Å²) in [5.41, 5.74) is 5.69. The van der Waals surface area contributed by atoms with Gasteiger partial charge in [-0.1, -0.05) is 42.5 Å². The van der Waals surface area contributed by atoms with Crippen molar-refractivity contribution < 1.29 is 4.98 Å². The van der Waals surface area contributed by atoms with Crippen LogP contribution in [-0.2, 0) is 18.6 Å². The normalized spacial score (nSPS) is 14.0. The molecule has 0 saturated heterocycles. The number of aromatic amines is 1. The Labute approximate surface area is 135 Å². The molecule has 0 bridgehead atoms. The number of hydrogen-bond acceptors (Lipinski definition) is 1.